The SMILES string of the molecule is CC(C(=O)NCCOc1ccccc1)N1C(=O)C2CCCCC2C1=O. The molecule has 1 heterocycles. The molecule has 1 aromatic rings. The number of likely N-dealkylation sites (tertiary alicyclic amines) is 1. The van der Waals surface area contributed by atoms with Crippen LogP contribution < -0.4 is 10.1 Å². The summed E-state index contributed by atoms with van der Waals surface area (Å²) in [5.74, 6) is -0.401. The van der Waals surface area contributed by atoms with Crippen LogP contribution in [0.25, 0.3) is 0 Å². The number of ether oxygens (including phenoxy) is 1. The normalized spacial score (nSPS) is 24.0. The zero-order valence-electron chi connectivity index (χ0n) is 14.4. The highest BCUT2D eigenvalue weighted by Gasteiger charge is 2.50. The quantitative estimate of drug-likeness (QED) is 0.630. The van der Waals surface area contributed by atoms with Crippen LogP contribution >= 0.6 is 0 Å². The van der Waals surface area contributed by atoms with Gasteiger partial charge in [0, 0.05) is 0 Å². The fourth-order valence-corrected chi connectivity index (χ4v) is 3.69. The van der Waals surface area contributed by atoms with Crippen LogP contribution in [0.5, 0.6) is 5.75 Å². The van der Waals surface area contributed by atoms with Crippen molar-refractivity contribution in [2.75, 3.05) is 13.2 Å². The number of hydrogen-bond acceptors (Lipinski definition) is 4. The van der Waals surface area contributed by atoms with E-state index in [-0.39, 0.29) is 29.6 Å². The van der Waals surface area contributed by atoms with Crippen LogP contribution in [-0.4, -0.2) is 41.8 Å². The predicted molar refractivity (Wildman–Crippen MR) is 91.7 cm³/mol. The molecule has 134 valence electrons. The zero-order chi connectivity index (χ0) is 17.8. The summed E-state index contributed by atoms with van der Waals surface area (Å²) < 4.78 is 5.52. The molecule has 1 N–H and O–H groups in total. The molecule has 1 saturated carbocycles. The van der Waals surface area contributed by atoms with Crippen molar-refractivity contribution in [3.8, 4) is 5.75 Å². The van der Waals surface area contributed by atoms with E-state index >= 15 is 0 Å². The number of imide groups is 1. The molecular formula is C19H24N2O4. The average molecular weight is 344 g/mol. The van der Waals surface area contributed by atoms with Gasteiger partial charge in [-0.3, -0.25) is 19.3 Å². The molecule has 3 atom stereocenters. The van der Waals surface area contributed by atoms with Gasteiger partial charge in [0.15, 0.2) is 0 Å². The van der Waals surface area contributed by atoms with Gasteiger partial charge in [0.1, 0.15) is 18.4 Å². The van der Waals surface area contributed by atoms with E-state index in [4.69, 9.17) is 4.74 Å². The van der Waals surface area contributed by atoms with Crippen LogP contribution in [0.1, 0.15) is 32.6 Å². The van der Waals surface area contributed by atoms with E-state index in [0.29, 0.717) is 13.2 Å². The Morgan fingerprint density at radius 3 is 2.36 bits per heavy atom. The van der Waals surface area contributed by atoms with Gasteiger partial charge in [-0.25, -0.2) is 0 Å². The second-order valence-corrected chi connectivity index (χ2v) is 6.67. The van der Waals surface area contributed by atoms with Gasteiger partial charge in [-0.05, 0) is 31.9 Å². The average Bonchev–Trinajstić information content (AvgIpc) is 2.90. The molecule has 0 aromatic heterocycles. The second kappa shape index (κ2) is 7.68. The molecule has 1 aliphatic carbocycles. The lowest BCUT2D eigenvalue weighted by molar-refractivity contribution is -0.147. The van der Waals surface area contributed by atoms with Gasteiger partial charge in [0.05, 0.1) is 18.4 Å². The lowest BCUT2D eigenvalue weighted by atomic mass is 9.81. The van der Waals surface area contributed by atoms with Crippen molar-refractivity contribution >= 4 is 17.7 Å². The molecular weight excluding hydrogens is 320 g/mol. The summed E-state index contributed by atoms with van der Waals surface area (Å²) in [5.41, 5.74) is 0. The number of carbonyl (C=O) groups is 3. The molecule has 25 heavy (non-hydrogen) atoms. The minimum atomic E-state index is -0.776. The van der Waals surface area contributed by atoms with Crippen LogP contribution in [-0.2, 0) is 14.4 Å². The van der Waals surface area contributed by atoms with Crippen molar-refractivity contribution in [3.05, 3.63) is 30.3 Å². The number of fused-ring (bicyclic) bond motifs is 1. The Kier molecular flexibility index (Phi) is 5.36. The molecule has 3 unspecified atom stereocenters. The lowest BCUT2D eigenvalue weighted by Gasteiger charge is -2.22. The Bertz CT molecular complexity index is 622. The third kappa shape index (κ3) is 3.67. The number of amides is 3. The molecule has 1 aromatic carbocycles. The Morgan fingerprint density at radius 2 is 1.76 bits per heavy atom. The van der Waals surface area contributed by atoms with Crippen molar-refractivity contribution in [1.29, 1.82) is 0 Å². The topological polar surface area (TPSA) is 75.7 Å². The molecule has 6 heteroatoms. The molecule has 0 radical (unpaired) electrons. The van der Waals surface area contributed by atoms with E-state index in [1.165, 1.54) is 4.90 Å². The highest BCUT2D eigenvalue weighted by Crippen LogP contribution is 2.38. The van der Waals surface area contributed by atoms with Crippen LogP contribution in [0.15, 0.2) is 30.3 Å². The Hall–Kier alpha value is -2.37. The second-order valence-electron chi connectivity index (χ2n) is 6.67. The van der Waals surface area contributed by atoms with E-state index in [1.807, 2.05) is 30.3 Å². The number of nitrogens with one attached hydrogen (secondary N) is 1. The van der Waals surface area contributed by atoms with E-state index in [0.717, 1.165) is 31.4 Å². The van der Waals surface area contributed by atoms with E-state index in [2.05, 4.69) is 5.32 Å². The predicted octanol–water partition coefficient (Wildman–Crippen LogP) is 1.75. The molecule has 0 spiro atoms. The summed E-state index contributed by atoms with van der Waals surface area (Å²) in [4.78, 5) is 38.5. The van der Waals surface area contributed by atoms with Gasteiger partial charge in [-0.2, -0.15) is 0 Å². The number of rotatable bonds is 6. The third-order valence-corrected chi connectivity index (χ3v) is 5.06. The zero-order valence-corrected chi connectivity index (χ0v) is 14.4. The molecule has 1 saturated heterocycles. The first kappa shape index (κ1) is 17.5. The fraction of sp³-hybridized carbons (Fsp3) is 0.526. The van der Waals surface area contributed by atoms with Gasteiger partial charge >= 0.3 is 0 Å². The van der Waals surface area contributed by atoms with E-state index in [9.17, 15) is 14.4 Å². The first-order valence-electron chi connectivity index (χ1n) is 8.92. The summed E-state index contributed by atoms with van der Waals surface area (Å²) in [6, 6.07) is 8.56. The maximum Gasteiger partial charge on any atom is 0.243 e. The minimum absolute atomic E-state index is 0.183. The number of para-hydroxylation sites is 1. The molecule has 3 amide bonds. The number of carbonyl (C=O) groups excluding carboxylic acids is 3. The van der Waals surface area contributed by atoms with Gasteiger partial charge < -0.3 is 10.1 Å². The third-order valence-electron chi connectivity index (χ3n) is 5.06. The molecule has 1 aliphatic heterocycles. The maximum absolute atomic E-state index is 12.5. The Morgan fingerprint density at radius 1 is 1.16 bits per heavy atom. The van der Waals surface area contributed by atoms with Crippen molar-refractivity contribution in [3.63, 3.8) is 0 Å². The maximum atomic E-state index is 12.5. The Labute approximate surface area is 147 Å². The molecule has 2 fully saturated rings. The highest BCUT2D eigenvalue weighted by molar-refractivity contribution is 6.08. The number of benzene rings is 1. The summed E-state index contributed by atoms with van der Waals surface area (Å²) in [7, 11) is 0. The molecule has 3 rings (SSSR count). The summed E-state index contributed by atoms with van der Waals surface area (Å²) in [6.07, 6.45) is 3.47. The van der Waals surface area contributed by atoms with Crippen LogP contribution in [0.2, 0.25) is 0 Å². The lowest BCUT2D eigenvalue weighted by Crippen LogP contribution is -2.49. The smallest absolute Gasteiger partial charge is 0.243 e. The van der Waals surface area contributed by atoms with Gasteiger partial charge in [0.2, 0.25) is 17.7 Å². The summed E-state index contributed by atoms with van der Waals surface area (Å²) in [5, 5.41) is 2.74. The van der Waals surface area contributed by atoms with Crippen molar-refractivity contribution in [2.45, 2.75) is 38.6 Å². The van der Waals surface area contributed by atoms with Crippen molar-refractivity contribution < 1.29 is 19.1 Å². The number of nitrogens with zero attached hydrogens (tertiary/aromatic N) is 1. The standard InChI is InChI=1S/C19H24N2O4/c1-13(17(22)20-11-12-25-14-7-3-2-4-8-14)21-18(23)15-9-5-6-10-16(15)19(21)24/h2-4,7-8,13,15-16H,5-6,9-12H2,1H3,(H,20,22). The van der Waals surface area contributed by atoms with E-state index in [1.54, 1.807) is 6.92 Å². The fourth-order valence-electron chi connectivity index (χ4n) is 3.69. The summed E-state index contributed by atoms with van der Waals surface area (Å²) in [6.45, 7) is 2.26. The highest BCUT2D eigenvalue weighted by atomic mass is 16.5. The monoisotopic (exact) mass is 344 g/mol. The van der Waals surface area contributed by atoms with Gasteiger partial charge in [-0.15, -0.1) is 0 Å². The summed E-state index contributed by atoms with van der Waals surface area (Å²) >= 11 is 0. The minimum Gasteiger partial charge on any atom is -0.492 e. The molecule has 2 aliphatic rings. The first-order valence-corrected chi connectivity index (χ1v) is 8.92. The van der Waals surface area contributed by atoms with Gasteiger partial charge in [0.25, 0.3) is 0 Å². The first-order chi connectivity index (χ1) is 12.1. The molecule has 0 bridgehead atoms. The van der Waals surface area contributed by atoms with Crippen molar-refractivity contribution in [2.24, 2.45) is 11.8 Å². The largest absolute Gasteiger partial charge is 0.492 e. The van der Waals surface area contributed by atoms with Crippen molar-refractivity contribution in [1.82, 2.24) is 10.2 Å². The molecule has 6 nitrogen and oxygen atoms in total. The van der Waals surface area contributed by atoms with Crippen LogP contribution in [0, 0.1) is 11.8 Å². The number of hydrogen-bond donors (Lipinski definition) is 1. The van der Waals surface area contributed by atoms with E-state index < -0.39 is 6.04 Å². The van der Waals surface area contributed by atoms with Crippen LogP contribution in [0.3, 0.4) is 0 Å². The Balaban J connectivity index is 1.50. The van der Waals surface area contributed by atoms with Gasteiger partial charge in [-0.1, -0.05) is 31.0 Å². The van der Waals surface area contributed by atoms with Crippen LogP contribution in [0.4, 0.5) is 0 Å².